The van der Waals surface area contributed by atoms with E-state index in [1.54, 1.807) is 0 Å². The maximum Gasteiger partial charge on any atom is 0.0659 e. The number of hydrogen-bond acceptors (Lipinski definition) is 2. The van der Waals surface area contributed by atoms with E-state index < -0.39 is 0 Å². The van der Waals surface area contributed by atoms with E-state index in [2.05, 4.69) is 78.3 Å². The van der Waals surface area contributed by atoms with Gasteiger partial charge >= 0.3 is 0 Å². The quantitative estimate of drug-likeness (QED) is 0.877. The predicted molar refractivity (Wildman–Crippen MR) is 91.6 cm³/mol. The monoisotopic (exact) mass is 349 g/mol. The highest BCUT2D eigenvalue weighted by Crippen LogP contribution is 2.17. The van der Waals surface area contributed by atoms with Crippen LogP contribution in [0, 0.1) is 0 Å². The molecule has 0 fully saturated rings. The lowest BCUT2D eigenvalue weighted by Crippen LogP contribution is -2.38. The van der Waals surface area contributed by atoms with Gasteiger partial charge in [0.25, 0.3) is 0 Å². The van der Waals surface area contributed by atoms with Crippen LogP contribution in [0.15, 0.2) is 41.1 Å². The first-order chi connectivity index (χ1) is 9.83. The Morgan fingerprint density at radius 3 is 2.43 bits per heavy atom. The molecule has 0 amide bonds. The van der Waals surface area contributed by atoms with Crippen LogP contribution in [0.1, 0.15) is 44.7 Å². The second-order valence-electron chi connectivity index (χ2n) is 6.63. The lowest BCUT2D eigenvalue weighted by molar-refractivity contribution is 0.412. The Kier molecular flexibility index (Phi) is 5.22. The summed E-state index contributed by atoms with van der Waals surface area (Å²) >= 11 is 3.42. The number of hydrogen-bond donors (Lipinski definition) is 1. The van der Waals surface area contributed by atoms with Crippen LogP contribution in [0.25, 0.3) is 0 Å². The number of nitrogens with zero attached hydrogens (tertiary/aromatic N) is 2. The Morgan fingerprint density at radius 2 is 1.90 bits per heavy atom. The Bertz CT molecular complexity index is 566. The SMILES string of the molecule is CC(CNC(C)(C)C)c1ccc(Cn2cc(Br)cn2)cc1. The molecule has 1 heterocycles. The maximum atomic E-state index is 4.28. The summed E-state index contributed by atoms with van der Waals surface area (Å²) in [6.07, 6.45) is 3.80. The summed E-state index contributed by atoms with van der Waals surface area (Å²) in [5.41, 5.74) is 2.81. The summed E-state index contributed by atoms with van der Waals surface area (Å²) in [5.74, 6) is 0.511. The van der Waals surface area contributed by atoms with Gasteiger partial charge in [-0.2, -0.15) is 5.10 Å². The van der Waals surface area contributed by atoms with Crippen molar-refractivity contribution in [1.29, 1.82) is 0 Å². The first kappa shape index (κ1) is 16.2. The van der Waals surface area contributed by atoms with Crippen LogP contribution < -0.4 is 5.32 Å². The van der Waals surface area contributed by atoms with Crippen LogP contribution in [0.5, 0.6) is 0 Å². The predicted octanol–water partition coefficient (Wildman–Crippen LogP) is 4.19. The molecule has 0 aliphatic heterocycles. The third-order valence-electron chi connectivity index (χ3n) is 3.43. The molecule has 1 aromatic carbocycles. The van der Waals surface area contributed by atoms with Gasteiger partial charge in [0, 0.05) is 18.3 Å². The van der Waals surface area contributed by atoms with Crippen LogP contribution in [-0.2, 0) is 6.54 Å². The lowest BCUT2D eigenvalue weighted by Gasteiger charge is -2.23. The molecule has 0 saturated heterocycles. The first-order valence-corrected chi connectivity index (χ1v) is 8.14. The summed E-state index contributed by atoms with van der Waals surface area (Å²) < 4.78 is 2.95. The van der Waals surface area contributed by atoms with Gasteiger partial charge in [0.05, 0.1) is 17.2 Å². The largest absolute Gasteiger partial charge is 0.311 e. The van der Waals surface area contributed by atoms with Gasteiger partial charge in [0.1, 0.15) is 0 Å². The molecule has 1 N–H and O–H groups in total. The standard InChI is InChI=1S/C17H24BrN3/c1-13(9-19-17(2,3)4)15-7-5-14(6-8-15)11-21-12-16(18)10-20-21/h5-8,10,12-13,19H,9,11H2,1-4H3. The van der Waals surface area contributed by atoms with E-state index in [0.717, 1.165) is 17.6 Å². The molecular formula is C17H24BrN3. The number of aromatic nitrogens is 2. The van der Waals surface area contributed by atoms with Crippen LogP contribution in [0.4, 0.5) is 0 Å². The topological polar surface area (TPSA) is 29.9 Å². The Morgan fingerprint density at radius 1 is 1.24 bits per heavy atom. The fourth-order valence-electron chi connectivity index (χ4n) is 2.14. The van der Waals surface area contributed by atoms with Gasteiger partial charge in [0.15, 0.2) is 0 Å². The summed E-state index contributed by atoms with van der Waals surface area (Å²) in [5, 5.41) is 7.84. The molecule has 0 radical (unpaired) electrons. The smallest absolute Gasteiger partial charge is 0.0659 e. The molecule has 21 heavy (non-hydrogen) atoms. The Balaban J connectivity index is 1.95. The molecule has 0 aliphatic rings. The second kappa shape index (κ2) is 6.75. The molecule has 1 unspecified atom stereocenters. The van der Waals surface area contributed by atoms with Crippen LogP contribution in [-0.4, -0.2) is 21.9 Å². The van der Waals surface area contributed by atoms with Crippen molar-refractivity contribution in [2.24, 2.45) is 0 Å². The highest BCUT2D eigenvalue weighted by Gasteiger charge is 2.12. The second-order valence-corrected chi connectivity index (χ2v) is 7.55. The molecule has 0 aliphatic carbocycles. The van der Waals surface area contributed by atoms with E-state index in [9.17, 15) is 0 Å². The third kappa shape index (κ3) is 5.29. The van der Waals surface area contributed by atoms with Crippen LogP contribution in [0.2, 0.25) is 0 Å². The van der Waals surface area contributed by atoms with Crippen molar-refractivity contribution in [3.05, 3.63) is 52.3 Å². The molecule has 1 aromatic heterocycles. The minimum Gasteiger partial charge on any atom is -0.311 e. The Hall–Kier alpha value is -1.13. The summed E-state index contributed by atoms with van der Waals surface area (Å²) in [6.45, 7) is 10.7. The number of rotatable bonds is 5. The molecule has 2 aromatic rings. The van der Waals surface area contributed by atoms with Gasteiger partial charge in [-0.25, -0.2) is 0 Å². The van der Waals surface area contributed by atoms with Crippen molar-refractivity contribution in [2.75, 3.05) is 6.54 Å². The molecule has 0 spiro atoms. The molecular weight excluding hydrogens is 326 g/mol. The van der Waals surface area contributed by atoms with Crippen molar-refractivity contribution in [3.8, 4) is 0 Å². The molecule has 114 valence electrons. The van der Waals surface area contributed by atoms with Gasteiger partial charge in [-0.15, -0.1) is 0 Å². The third-order valence-corrected chi connectivity index (χ3v) is 3.84. The number of nitrogens with one attached hydrogen (secondary N) is 1. The molecule has 0 bridgehead atoms. The lowest BCUT2D eigenvalue weighted by atomic mass is 9.98. The van der Waals surface area contributed by atoms with E-state index in [-0.39, 0.29) is 5.54 Å². The summed E-state index contributed by atoms with van der Waals surface area (Å²) in [7, 11) is 0. The van der Waals surface area contributed by atoms with E-state index in [1.165, 1.54) is 11.1 Å². The van der Waals surface area contributed by atoms with E-state index >= 15 is 0 Å². The summed E-state index contributed by atoms with van der Waals surface area (Å²) in [4.78, 5) is 0. The normalized spacial score (nSPS) is 13.4. The molecule has 4 heteroatoms. The van der Waals surface area contributed by atoms with Gasteiger partial charge in [-0.05, 0) is 53.7 Å². The van der Waals surface area contributed by atoms with E-state index in [1.807, 2.05) is 17.1 Å². The minimum absolute atomic E-state index is 0.168. The van der Waals surface area contributed by atoms with Gasteiger partial charge in [-0.3, -0.25) is 4.68 Å². The van der Waals surface area contributed by atoms with Crippen molar-refractivity contribution in [1.82, 2.24) is 15.1 Å². The van der Waals surface area contributed by atoms with Crippen LogP contribution in [0.3, 0.4) is 0 Å². The fourth-order valence-corrected chi connectivity index (χ4v) is 2.47. The average Bonchev–Trinajstić information content (AvgIpc) is 2.81. The highest BCUT2D eigenvalue weighted by molar-refractivity contribution is 9.10. The molecule has 0 saturated carbocycles. The van der Waals surface area contributed by atoms with Crippen molar-refractivity contribution in [3.63, 3.8) is 0 Å². The van der Waals surface area contributed by atoms with E-state index in [4.69, 9.17) is 0 Å². The Labute approximate surface area is 135 Å². The zero-order valence-electron chi connectivity index (χ0n) is 13.2. The van der Waals surface area contributed by atoms with Gasteiger partial charge in [0.2, 0.25) is 0 Å². The van der Waals surface area contributed by atoms with Gasteiger partial charge < -0.3 is 5.32 Å². The molecule has 3 nitrogen and oxygen atoms in total. The minimum atomic E-state index is 0.168. The molecule has 2 rings (SSSR count). The highest BCUT2D eigenvalue weighted by atomic mass is 79.9. The molecule has 1 atom stereocenters. The zero-order chi connectivity index (χ0) is 15.5. The van der Waals surface area contributed by atoms with Crippen molar-refractivity contribution < 1.29 is 0 Å². The number of benzene rings is 1. The van der Waals surface area contributed by atoms with Crippen LogP contribution >= 0.6 is 15.9 Å². The fraction of sp³-hybridized carbons (Fsp3) is 0.471. The number of halogens is 1. The van der Waals surface area contributed by atoms with Crippen molar-refractivity contribution >= 4 is 15.9 Å². The first-order valence-electron chi connectivity index (χ1n) is 7.35. The maximum absolute atomic E-state index is 4.28. The zero-order valence-corrected chi connectivity index (χ0v) is 14.8. The van der Waals surface area contributed by atoms with Crippen molar-refractivity contribution in [2.45, 2.75) is 45.7 Å². The average molecular weight is 350 g/mol. The van der Waals surface area contributed by atoms with Gasteiger partial charge in [-0.1, -0.05) is 31.2 Å². The summed E-state index contributed by atoms with van der Waals surface area (Å²) in [6, 6.07) is 8.84. The van der Waals surface area contributed by atoms with E-state index in [0.29, 0.717) is 5.92 Å².